The fraction of sp³-hybridized carbons (Fsp3) is 0.208. The third-order valence-corrected chi connectivity index (χ3v) is 5.88. The van der Waals surface area contributed by atoms with Gasteiger partial charge >= 0.3 is 5.97 Å². The molecule has 2 aromatic heterocycles. The number of esters is 1. The Balaban J connectivity index is 1.80. The number of nitrogens with zero attached hydrogens (tertiary/aromatic N) is 2. The maximum absolute atomic E-state index is 13.5. The van der Waals surface area contributed by atoms with Crippen LogP contribution in [0.1, 0.15) is 23.0 Å². The van der Waals surface area contributed by atoms with E-state index in [0.29, 0.717) is 44.6 Å². The first-order valence-corrected chi connectivity index (χ1v) is 11.2. The minimum Gasteiger partial charge on any atom is -0.493 e. The van der Waals surface area contributed by atoms with Crippen LogP contribution in [0.25, 0.3) is 16.6 Å². The van der Waals surface area contributed by atoms with Gasteiger partial charge in [0.2, 0.25) is 0 Å². The Morgan fingerprint density at radius 3 is 2.64 bits per heavy atom. The lowest BCUT2D eigenvalue weighted by Gasteiger charge is -2.15. The Bertz CT molecular complexity index is 1360. The Kier molecular flexibility index (Phi) is 6.69. The minimum absolute atomic E-state index is 0.222. The van der Waals surface area contributed by atoms with Gasteiger partial charge < -0.3 is 18.6 Å². The van der Waals surface area contributed by atoms with E-state index < -0.39 is 5.97 Å². The summed E-state index contributed by atoms with van der Waals surface area (Å²) in [5.41, 5.74) is 1.28. The third kappa shape index (κ3) is 4.45. The van der Waals surface area contributed by atoms with Crippen LogP contribution in [-0.4, -0.2) is 36.3 Å². The van der Waals surface area contributed by atoms with Crippen LogP contribution in [0.5, 0.6) is 11.5 Å². The van der Waals surface area contributed by atoms with Crippen molar-refractivity contribution in [2.75, 3.05) is 20.8 Å². The van der Waals surface area contributed by atoms with Gasteiger partial charge in [0.25, 0.3) is 5.56 Å². The number of methoxy groups -OCH3 is 2. The van der Waals surface area contributed by atoms with Crippen molar-refractivity contribution in [1.29, 1.82) is 0 Å². The number of benzene rings is 2. The van der Waals surface area contributed by atoms with E-state index in [9.17, 15) is 9.59 Å². The number of carbonyl (C=O) groups excluding carboxylic acids is 1. The Labute approximate surface area is 194 Å². The molecule has 0 amide bonds. The van der Waals surface area contributed by atoms with Crippen LogP contribution in [-0.2, 0) is 10.5 Å². The average molecular weight is 467 g/mol. The number of rotatable bonds is 8. The highest BCUT2D eigenvalue weighted by atomic mass is 32.2. The maximum Gasteiger partial charge on any atom is 0.341 e. The van der Waals surface area contributed by atoms with Crippen molar-refractivity contribution >= 4 is 28.6 Å². The highest BCUT2D eigenvalue weighted by Gasteiger charge is 2.19. The largest absolute Gasteiger partial charge is 0.493 e. The van der Waals surface area contributed by atoms with Crippen LogP contribution in [0.2, 0.25) is 0 Å². The van der Waals surface area contributed by atoms with E-state index in [1.807, 2.05) is 6.07 Å². The van der Waals surface area contributed by atoms with Crippen LogP contribution in [0.4, 0.5) is 0 Å². The molecule has 170 valence electrons. The lowest BCUT2D eigenvalue weighted by atomic mass is 10.2. The predicted octanol–water partition coefficient (Wildman–Crippen LogP) is 4.46. The molecule has 0 N–H and O–H groups in total. The molecule has 4 rings (SSSR count). The summed E-state index contributed by atoms with van der Waals surface area (Å²) in [6.45, 7) is 2.01. The number of fused-ring (bicyclic) bond motifs is 1. The lowest BCUT2D eigenvalue weighted by molar-refractivity contribution is 0.0524. The molecule has 0 spiro atoms. The zero-order valence-corrected chi connectivity index (χ0v) is 19.2. The zero-order valence-electron chi connectivity index (χ0n) is 18.4. The molecule has 0 radical (unpaired) electrons. The quantitative estimate of drug-likeness (QED) is 0.213. The first-order chi connectivity index (χ1) is 16.1. The molecule has 0 atom stereocenters. The van der Waals surface area contributed by atoms with Gasteiger partial charge in [-0.15, -0.1) is 0 Å². The summed E-state index contributed by atoms with van der Waals surface area (Å²) in [6, 6.07) is 13.9. The summed E-state index contributed by atoms with van der Waals surface area (Å²) in [7, 11) is 3.08. The number of furan rings is 1. The number of carbonyl (C=O) groups is 1. The summed E-state index contributed by atoms with van der Waals surface area (Å²) in [5, 5.41) is 0.930. The first kappa shape index (κ1) is 22.5. The monoisotopic (exact) mass is 466 g/mol. The van der Waals surface area contributed by atoms with Gasteiger partial charge in [0.1, 0.15) is 11.3 Å². The van der Waals surface area contributed by atoms with Crippen molar-refractivity contribution in [3.05, 3.63) is 76.5 Å². The first-order valence-electron chi connectivity index (χ1n) is 10.2. The molecule has 2 heterocycles. The molecule has 4 aromatic rings. The van der Waals surface area contributed by atoms with Crippen LogP contribution in [0, 0.1) is 0 Å². The Morgan fingerprint density at radius 2 is 1.88 bits per heavy atom. The van der Waals surface area contributed by atoms with Crippen LogP contribution in [0.3, 0.4) is 0 Å². The number of ether oxygens (including phenoxy) is 3. The summed E-state index contributed by atoms with van der Waals surface area (Å²) in [5.74, 6) is 1.30. The van der Waals surface area contributed by atoms with E-state index in [1.165, 1.54) is 29.7 Å². The molecule has 0 aliphatic heterocycles. The molecule has 9 heteroatoms. The molecule has 8 nitrogen and oxygen atoms in total. The number of aromatic nitrogens is 2. The van der Waals surface area contributed by atoms with Gasteiger partial charge in [-0.25, -0.2) is 9.78 Å². The van der Waals surface area contributed by atoms with Crippen molar-refractivity contribution in [3.8, 4) is 17.2 Å². The van der Waals surface area contributed by atoms with Crippen LogP contribution >= 0.6 is 11.8 Å². The van der Waals surface area contributed by atoms with Gasteiger partial charge in [-0.05, 0) is 37.3 Å². The van der Waals surface area contributed by atoms with Crippen molar-refractivity contribution in [3.63, 3.8) is 0 Å². The molecule has 33 heavy (non-hydrogen) atoms. The average Bonchev–Trinajstić information content (AvgIpc) is 3.31. The number of thioether (sulfide) groups is 1. The second-order valence-electron chi connectivity index (χ2n) is 6.86. The van der Waals surface area contributed by atoms with Gasteiger partial charge in [0, 0.05) is 6.07 Å². The van der Waals surface area contributed by atoms with E-state index in [0.717, 1.165) is 0 Å². The number of hydrogen-bond acceptors (Lipinski definition) is 8. The van der Waals surface area contributed by atoms with Gasteiger partial charge in [0.15, 0.2) is 16.7 Å². The zero-order chi connectivity index (χ0) is 23.4. The third-order valence-electron chi connectivity index (χ3n) is 4.94. The molecular formula is C24H22N2O6S. The smallest absolute Gasteiger partial charge is 0.341 e. The summed E-state index contributed by atoms with van der Waals surface area (Å²) in [4.78, 5) is 30.4. The molecular weight excluding hydrogens is 444 g/mol. The molecule has 0 aliphatic rings. The van der Waals surface area contributed by atoms with Gasteiger partial charge in [-0.3, -0.25) is 9.36 Å². The molecule has 0 bridgehead atoms. The van der Waals surface area contributed by atoms with E-state index >= 15 is 0 Å². The number of hydrogen-bond donors (Lipinski definition) is 0. The lowest BCUT2D eigenvalue weighted by Crippen LogP contribution is -2.22. The van der Waals surface area contributed by atoms with E-state index in [2.05, 4.69) is 0 Å². The summed E-state index contributed by atoms with van der Waals surface area (Å²) < 4.78 is 22.9. The van der Waals surface area contributed by atoms with Crippen LogP contribution < -0.4 is 15.0 Å². The Hall–Kier alpha value is -3.72. The normalized spacial score (nSPS) is 10.9. The second kappa shape index (κ2) is 9.83. The summed E-state index contributed by atoms with van der Waals surface area (Å²) in [6.07, 6.45) is 1.44. The summed E-state index contributed by atoms with van der Waals surface area (Å²) >= 11 is 1.28. The van der Waals surface area contributed by atoms with Crippen molar-refractivity contribution in [2.24, 2.45) is 0 Å². The van der Waals surface area contributed by atoms with Crippen molar-refractivity contribution < 1.29 is 23.4 Å². The predicted molar refractivity (Wildman–Crippen MR) is 125 cm³/mol. The highest BCUT2D eigenvalue weighted by molar-refractivity contribution is 7.98. The van der Waals surface area contributed by atoms with Crippen molar-refractivity contribution in [2.45, 2.75) is 17.8 Å². The van der Waals surface area contributed by atoms with Crippen molar-refractivity contribution in [1.82, 2.24) is 9.55 Å². The second-order valence-corrected chi connectivity index (χ2v) is 7.80. The number of para-hydroxylation sites is 1. The highest BCUT2D eigenvalue weighted by Crippen LogP contribution is 2.32. The molecule has 0 fully saturated rings. The van der Waals surface area contributed by atoms with Crippen LogP contribution in [0.15, 0.2) is 69.2 Å². The molecule has 0 unspecified atom stereocenters. The molecule has 0 saturated carbocycles. The van der Waals surface area contributed by atoms with E-state index in [1.54, 1.807) is 56.5 Å². The topological polar surface area (TPSA) is 92.8 Å². The van der Waals surface area contributed by atoms with Gasteiger partial charge in [-0.1, -0.05) is 23.9 Å². The minimum atomic E-state index is -0.453. The fourth-order valence-corrected chi connectivity index (χ4v) is 4.34. The maximum atomic E-state index is 13.5. The fourth-order valence-electron chi connectivity index (χ4n) is 3.37. The van der Waals surface area contributed by atoms with E-state index in [-0.39, 0.29) is 17.9 Å². The van der Waals surface area contributed by atoms with Gasteiger partial charge in [-0.2, -0.15) is 0 Å². The standard InChI is InChI=1S/C24H22N2O6S/c1-4-31-23(28)17-11-12-32-21(17)14-33-24-25-18-8-6-5-7-16(18)22(27)26(24)15-9-10-19(29-2)20(13-15)30-3/h5-13H,4,14H2,1-3H3. The molecule has 0 aliphatic carbocycles. The van der Waals surface area contributed by atoms with E-state index in [4.69, 9.17) is 23.6 Å². The Morgan fingerprint density at radius 1 is 1.09 bits per heavy atom. The SMILES string of the molecule is CCOC(=O)c1ccoc1CSc1nc2ccccc2c(=O)n1-c1ccc(OC)c(OC)c1. The van der Waals surface area contributed by atoms with Gasteiger partial charge in [0.05, 0.1) is 49.4 Å². The molecule has 0 saturated heterocycles. The molecule has 2 aromatic carbocycles.